The maximum atomic E-state index is 12.9. The molecule has 0 radical (unpaired) electrons. The van der Waals surface area contributed by atoms with Crippen molar-refractivity contribution in [1.29, 1.82) is 5.41 Å². The van der Waals surface area contributed by atoms with Crippen molar-refractivity contribution in [3.05, 3.63) is 69.3 Å². The molecule has 2 aromatic carbocycles. The number of benzene rings is 2. The number of carbonyl (C=O) groups excluding carboxylic acids is 1. The highest BCUT2D eigenvalue weighted by Crippen LogP contribution is 2.32. The van der Waals surface area contributed by atoms with E-state index in [9.17, 15) is 9.90 Å². The number of carbonyl (C=O) groups is 1. The smallest absolute Gasteiger partial charge is 0.254 e. The fourth-order valence-corrected chi connectivity index (χ4v) is 3.99. The molecule has 1 amide bonds. The van der Waals surface area contributed by atoms with Crippen molar-refractivity contribution < 1.29 is 9.90 Å². The first kappa shape index (κ1) is 21.9. The normalized spacial score (nSPS) is 13.9. The van der Waals surface area contributed by atoms with Crippen LogP contribution in [0.25, 0.3) is 0 Å². The van der Waals surface area contributed by atoms with Gasteiger partial charge in [-0.3, -0.25) is 4.79 Å². The SMILES string of the molecule is CN=CCC(=N)c1ccc(Cc2cc3c(c(C)c2C)CN(CC(C)(C)O)C3=O)cc1. The first-order valence-electron chi connectivity index (χ1n) is 10.3. The Morgan fingerprint density at radius 3 is 2.50 bits per heavy atom. The lowest BCUT2D eigenvalue weighted by molar-refractivity contribution is 0.0314. The minimum Gasteiger partial charge on any atom is -0.389 e. The van der Waals surface area contributed by atoms with Crippen LogP contribution in [0, 0.1) is 19.3 Å². The Morgan fingerprint density at radius 2 is 1.90 bits per heavy atom. The number of nitrogens with zero attached hydrogens (tertiary/aromatic N) is 2. The van der Waals surface area contributed by atoms with E-state index in [2.05, 4.69) is 31.0 Å². The molecule has 5 heteroatoms. The van der Waals surface area contributed by atoms with Crippen LogP contribution in [-0.4, -0.2) is 47.0 Å². The molecule has 0 unspecified atom stereocenters. The molecular formula is C25H31N3O2. The van der Waals surface area contributed by atoms with Crippen LogP contribution < -0.4 is 0 Å². The molecular weight excluding hydrogens is 374 g/mol. The number of β-amino-alcohol motifs (C(OH)–C–C–N with tert-alkyl or cyclic N) is 1. The topological polar surface area (TPSA) is 76.8 Å². The summed E-state index contributed by atoms with van der Waals surface area (Å²) in [4.78, 5) is 18.6. The van der Waals surface area contributed by atoms with Gasteiger partial charge in [-0.2, -0.15) is 0 Å². The number of rotatable bonds is 7. The van der Waals surface area contributed by atoms with Crippen LogP contribution in [0.5, 0.6) is 0 Å². The maximum Gasteiger partial charge on any atom is 0.254 e. The fourth-order valence-electron chi connectivity index (χ4n) is 3.99. The van der Waals surface area contributed by atoms with Crippen molar-refractivity contribution in [2.75, 3.05) is 13.6 Å². The van der Waals surface area contributed by atoms with Crippen LogP contribution in [0.15, 0.2) is 35.3 Å². The molecule has 1 aliphatic rings. The van der Waals surface area contributed by atoms with Gasteiger partial charge in [-0.15, -0.1) is 0 Å². The minimum atomic E-state index is -0.915. The standard InChI is InChI=1S/C25H31N3O2/c1-16-17(2)22-14-28(15-25(3,4)30)24(29)21(22)13-20(16)12-18-6-8-19(9-7-18)23(26)10-11-27-5/h6-9,11,13,26,30H,10,12,14-15H2,1-5H3. The van der Waals surface area contributed by atoms with Gasteiger partial charge in [-0.25, -0.2) is 0 Å². The third-order valence-electron chi connectivity index (χ3n) is 5.76. The summed E-state index contributed by atoms with van der Waals surface area (Å²) in [7, 11) is 1.71. The second kappa shape index (κ2) is 8.52. The van der Waals surface area contributed by atoms with E-state index in [4.69, 9.17) is 5.41 Å². The molecule has 0 aromatic heterocycles. The average Bonchev–Trinajstić information content (AvgIpc) is 2.99. The largest absolute Gasteiger partial charge is 0.389 e. The summed E-state index contributed by atoms with van der Waals surface area (Å²) >= 11 is 0. The Bertz CT molecular complexity index is 999. The Hall–Kier alpha value is -2.79. The van der Waals surface area contributed by atoms with Crippen molar-refractivity contribution in [3.8, 4) is 0 Å². The van der Waals surface area contributed by atoms with E-state index in [-0.39, 0.29) is 5.91 Å². The first-order chi connectivity index (χ1) is 14.1. The molecule has 0 aliphatic carbocycles. The summed E-state index contributed by atoms with van der Waals surface area (Å²) in [6, 6.07) is 10.1. The van der Waals surface area contributed by atoms with E-state index in [0.29, 0.717) is 25.2 Å². The number of fused-ring (bicyclic) bond motifs is 1. The molecule has 158 valence electrons. The van der Waals surface area contributed by atoms with Crippen molar-refractivity contribution in [2.24, 2.45) is 4.99 Å². The fraction of sp³-hybridized carbons (Fsp3) is 0.400. The molecule has 1 aliphatic heterocycles. The number of amides is 1. The number of aliphatic hydroxyl groups is 1. The third kappa shape index (κ3) is 4.68. The summed E-state index contributed by atoms with van der Waals surface area (Å²) in [6.45, 7) is 8.53. The predicted molar refractivity (Wildman–Crippen MR) is 122 cm³/mol. The highest BCUT2D eigenvalue weighted by atomic mass is 16.3. The second-order valence-electron chi connectivity index (χ2n) is 8.78. The quantitative estimate of drug-likeness (QED) is 0.681. The molecule has 30 heavy (non-hydrogen) atoms. The number of aliphatic imine (C=N–C) groups is 1. The van der Waals surface area contributed by atoms with Gasteiger partial charge in [0.1, 0.15) is 0 Å². The summed E-state index contributed by atoms with van der Waals surface area (Å²) in [6.07, 6.45) is 3.01. The summed E-state index contributed by atoms with van der Waals surface area (Å²) in [5.41, 5.74) is 7.03. The summed E-state index contributed by atoms with van der Waals surface area (Å²) in [5, 5.41) is 18.3. The number of nitrogens with one attached hydrogen (secondary N) is 1. The van der Waals surface area contributed by atoms with Crippen LogP contribution >= 0.6 is 0 Å². The van der Waals surface area contributed by atoms with E-state index in [0.717, 1.165) is 39.8 Å². The van der Waals surface area contributed by atoms with Gasteiger partial charge in [0.2, 0.25) is 0 Å². The Balaban J connectivity index is 1.83. The molecule has 0 saturated heterocycles. The summed E-state index contributed by atoms with van der Waals surface area (Å²) < 4.78 is 0. The van der Waals surface area contributed by atoms with Crippen LogP contribution in [0.3, 0.4) is 0 Å². The van der Waals surface area contributed by atoms with Crippen LogP contribution in [0.1, 0.15) is 64.0 Å². The zero-order valence-corrected chi connectivity index (χ0v) is 18.5. The van der Waals surface area contributed by atoms with Gasteiger partial charge >= 0.3 is 0 Å². The first-order valence-corrected chi connectivity index (χ1v) is 10.3. The number of hydrogen-bond donors (Lipinski definition) is 2. The highest BCUT2D eigenvalue weighted by Gasteiger charge is 2.33. The molecule has 0 saturated carbocycles. The van der Waals surface area contributed by atoms with Gasteiger partial charge in [0.05, 0.1) is 5.60 Å². The van der Waals surface area contributed by atoms with Crippen LogP contribution in [0.2, 0.25) is 0 Å². The Kier molecular flexibility index (Phi) is 6.22. The van der Waals surface area contributed by atoms with Gasteiger partial charge < -0.3 is 20.4 Å². The highest BCUT2D eigenvalue weighted by molar-refractivity contribution is 6.05. The van der Waals surface area contributed by atoms with Gasteiger partial charge in [-0.05, 0) is 73.6 Å². The molecule has 0 fully saturated rings. The van der Waals surface area contributed by atoms with E-state index >= 15 is 0 Å². The van der Waals surface area contributed by atoms with Gasteiger partial charge in [0.15, 0.2) is 0 Å². The monoisotopic (exact) mass is 405 g/mol. The van der Waals surface area contributed by atoms with Crippen LogP contribution in [-0.2, 0) is 13.0 Å². The third-order valence-corrected chi connectivity index (χ3v) is 5.76. The molecule has 1 heterocycles. The minimum absolute atomic E-state index is 0.00198. The second-order valence-corrected chi connectivity index (χ2v) is 8.78. The van der Waals surface area contributed by atoms with Crippen molar-refractivity contribution in [1.82, 2.24) is 4.90 Å². The van der Waals surface area contributed by atoms with E-state index in [1.54, 1.807) is 32.0 Å². The van der Waals surface area contributed by atoms with Crippen molar-refractivity contribution in [3.63, 3.8) is 0 Å². The molecule has 2 N–H and O–H groups in total. The van der Waals surface area contributed by atoms with E-state index < -0.39 is 5.60 Å². The summed E-state index contributed by atoms with van der Waals surface area (Å²) in [5.74, 6) is -0.00198. The lowest BCUT2D eigenvalue weighted by Crippen LogP contribution is -2.38. The molecule has 2 aromatic rings. The molecule has 5 nitrogen and oxygen atoms in total. The van der Waals surface area contributed by atoms with Gasteiger partial charge in [-0.1, -0.05) is 24.3 Å². The lowest BCUT2D eigenvalue weighted by Gasteiger charge is -2.25. The van der Waals surface area contributed by atoms with Gasteiger partial charge in [0, 0.05) is 44.0 Å². The van der Waals surface area contributed by atoms with Gasteiger partial charge in [0.25, 0.3) is 5.91 Å². The molecule has 0 spiro atoms. The van der Waals surface area contributed by atoms with E-state index in [1.165, 1.54) is 5.56 Å². The average molecular weight is 406 g/mol. The zero-order valence-electron chi connectivity index (χ0n) is 18.5. The van der Waals surface area contributed by atoms with Crippen molar-refractivity contribution in [2.45, 2.75) is 52.7 Å². The molecule has 3 rings (SSSR count). The van der Waals surface area contributed by atoms with Crippen LogP contribution in [0.4, 0.5) is 0 Å². The lowest BCUT2D eigenvalue weighted by atomic mass is 9.91. The predicted octanol–water partition coefficient (Wildman–Crippen LogP) is 4.08. The Morgan fingerprint density at radius 1 is 1.23 bits per heavy atom. The van der Waals surface area contributed by atoms with Crippen molar-refractivity contribution >= 4 is 17.8 Å². The molecule has 0 atom stereocenters. The number of hydrogen-bond acceptors (Lipinski definition) is 4. The zero-order chi connectivity index (χ0) is 22.1. The van der Waals surface area contributed by atoms with E-state index in [1.807, 2.05) is 18.2 Å². The maximum absolute atomic E-state index is 12.9. The molecule has 0 bridgehead atoms. The Labute approximate surface area is 179 Å².